The molecule has 1 aromatic rings. The van der Waals surface area contributed by atoms with Gasteiger partial charge in [0, 0.05) is 17.4 Å². The van der Waals surface area contributed by atoms with Crippen LogP contribution in [-0.2, 0) is 4.74 Å². The van der Waals surface area contributed by atoms with Gasteiger partial charge in [-0.25, -0.2) is 4.79 Å². The molecule has 3 N–H and O–H groups in total. The summed E-state index contributed by atoms with van der Waals surface area (Å²) in [5, 5.41) is 3.34. The van der Waals surface area contributed by atoms with Gasteiger partial charge in [-0.2, -0.15) is 0 Å². The number of benzene rings is 1. The van der Waals surface area contributed by atoms with E-state index < -0.39 is 0 Å². The second-order valence-corrected chi connectivity index (χ2v) is 4.78. The average Bonchev–Trinajstić information content (AvgIpc) is 2.38. The summed E-state index contributed by atoms with van der Waals surface area (Å²) in [5.41, 5.74) is 7.61. The number of esters is 1. The van der Waals surface area contributed by atoms with Crippen molar-refractivity contribution in [2.45, 2.75) is 46.1 Å². The van der Waals surface area contributed by atoms with E-state index in [1.54, 1.807) is 12.1 Å². The van der Waals surface area contributed by atoms with E-state index in [4.69, 9.17) is 10.5 Å². The van der Waals surface area contributed by atoms with Crippen LogP contribution in [0.5, 0.6) is 0 Å². The van der Waals surface area contributed by atoms with Crippen LogP contribution in [0.2, 0.25) is 0 Å². The van der Waals surface area contributed by atoms with Crippen LogP contribution in [0.15, 0.2) is 18.2 Å². The predicted molar refractivity (Wildman–Crippen MR) is 79.4 cm³/mol. The lowest BCUT2D eigenvalue weighted by Gasteiger charge is -2.17. The molecule has 0 fully saturated rings. The van der Waals surface area contributed by atoms with Crippen LogP contribution >= 0.6 is 0 Å². The molecule has 0 aliphatic heterocycles. The van der Waals surface area contributed by atoms with Crippen molar-refractivity contribution in [1.29, 1.82) is 0 Å². The summed E-state index contributed by atoms with van der Waals surface area (Å²) in [4.78, 5) is 12.0. The zero-order valence-electron chi connectivity index (χ0n) is 12.0. The highest BCUT2D eigenvalue weighted by Gasteiger charge is 2.14. The number of nitrogens with one attached hydrogen (secondary N) is 1. The smallest absolute Gasteiger partial charge is 0.340 e. The Morgan fingerprint density at radius 1 is 1.37 bits per heavy atom. The Morgan fingerprint density at radius 3 is 2.74 bits per heavy atom. The van der Waals surface area contributed by atoms with Gasteiger partial charge in [0.2, 0.25) is 0 Å². The van der Waals surface area contributed by atoms with E-state index in [1.807, 2.05) is 13.0 Å². The Balaban J connectivity index is 2.87. The van der Waals surface area contributed by atoms with Crippen molar-refractivity contribution in [3.63, 3.8) is 0 Å². The molecule has 0 amide bonds. The summed E-state index contributed by atoms with van der Waals surface area (Å²) in [6.07, 6.45) is 2.95. The number of nitrogens with two attached hydrogens (primary N) is 1. The number of rotatable bonds is 7. The molecule has 0 spiro atoms. The first-order valence-corrected chi connectivity index (χ1v) is 6.91. The van der Waals surface area contributed by atoms with Crippen LogP contribution in [0.3, 0.4) is 0 Å². The molecule has 4 nitrogen and oxygen atoms in total. The van der Waals surface area contributed by atoms with Crippen molar-refractivity contribution < 1.29 is 9.53 Å². The third-order valence-corrected chi connectivity index (χ3v) is 2.82. The van der Waals surface area contributed by atoms with Crippen LogP contribution in [0.1, 0.15) is 50.4 Å². The summed E-state index contributed by atoms with van der Waals surface area (Å²) in [6.45, 7) is 6.63. The number of nitrogen functional groups attached to an aromatic ring is 1. The third-order valence-electron chi connectivity index (χ3n) is 2.82. The van der Waals surface area contributed by atoms with E-state index in [1.165, 1.54) is 0 Å². The van der Waals surface area contributed by atoms with Crippen molar-refractivity contribution in [2.75, 3.05) is 17.7 Å². The monoisotopic (exact) mass is 264 g/mol. The minimum absolute atomic E-state index is 0.311. The van der Waals surface area contributed by atoms with Crippen LogP contribution in [0, 0.1) is 0 Å². The van der Waals surface area contributed by atoms with Crippen LogP contribution < -0.4 is 11.1 Å². The van der Waals surface area contributed by atoms with Gasteiger partial charge in [0.25, 0.3) is 0 Å². The molecule has 0 bridgehead atoms. The Labute approximate surface area is 115 Å². The van der Waals surface area contributed by atoms with Gasteiger partial charge in [0.05, 0.1) is 12.2 Å². The fraction of sp³-hybridized carbons (Fsp3) is 0.533. The summed E-state index contributed by atoms with van der Waals surface area (Å²) < 4.78 is 5.18. The maximum Gasteiger partial charge on any atom is 0.340 e. The normalized spacial score (nSPS) is 11.9. The van der Waals surface area contributed by atoms with E-state index >= 15 is 0 Å². The fourth-order valence-corrected chi connectivity index (χ4v) is 1.90. The largest absolute Gasteiger partial charge is 0.462 e. The van der Waals surface area contributed by atoms with E-state index in [2.05, 4.69) is 19.2 Å². The summed E-state index contributed by atoms with van der Waals surface area (Å²) >= 11 is 0. The highest BCUT2D eigenvalue weighted by atomic mass is 16.5. The molecule has 106 valence electrons. The van der Waals surface area contributed by atoms with Gasteiger partial charge in [-0.15, -0.1) is 0 Å². The number of anilines is 2. The standard InChI is InChI=1S/C15H24N2O2/c1-4-6-11(3)17-14-8-7-12(16)10-13(14)15(18)19-9-5-2/h7-8,10-11,17H,4-6,9,16H2,1-3H3/t11-/m1/s1. The fourth-order valence-electron chi connectivity index (χ4n) is 1.90. The molecular formula is C15H24N2O2. The Morgan fingerprint density at radius 2 is 2.11 bits per heavy atom. The van der Waals surface area contributed by atoms with Crippen LogP contribution in [-0.4, -0.2) is 18.6 Å². The van der Waals surface area contributed by atoms with Gasteiger partial charge in [-0.05, 0) is 38.0 Å². The maximum absolute atomic E-state index is 12.0. The average molecular weight is 264 g/mol. The van der Waals surface area contributed by atoms with E-state index in [9.17, 15) is 4.79 Å². The molecule has 4 heteroatoms. The molecule has 1 rings (SSSR count). The quantitative estimate of drug-likeness (QED) is 0.585. The molecule has 1 atom stereocenters. The van der Waals surface area contributed by atoms with Crippen molar-refractivity contribution in [2.24, 2.45) is 0 Å². The highest BCUT2D eigenvalue weighted by molar-refractivity contribution is 5.96. The Kier molecular flexibility index (Phi) is 6.19. The van der Waals surface area contributed by atoms with Crippen molar-refractivity contribution in [1.82, 2.24) is 0 Å². The Hall–Kier alpha value is -1.71. The number of ether oxygens (including phenoxy) is 1. The SMILES string of the molecule is CCCOC(=O)c1cc(N)ccc1N[C@H](C)CCC. The number of hydrogen-bond acceptors (Lipinski definition) is 4. The topological polar surface area (TPSA) is 64.3 Å². The molecule has 1 aromatic carbocycles. The molecule has 0 aliphatic rings. The molecule has 0 radical (unpaired) electrons. The van der Waals surface area contributed by atoms with Gasteiger partial charge < -0.3 is 15.8 Å². The van der Waals surface area contributed by atoms with Crippen molar-refractivity contribution >= 4 is 17.3 Å². The summed E-state index contributed by atoms with van der Waals surface area (Å²) in [7, 11) is 0. The molecule has 0 saturated heterocycles. The lowest BCUT2D eigenvalue weighted by molar-refractivity contribution is 0.0506. The van der Waals surface area contributed by atoms with E-state index in [0.717, 1.165) is 24.9 Å². The molecule has 0 heterocycles. The van der Waals surface area contributed by atoms with E-state index in [-0.39, 0.29) is 5.97 Å². The van der Waals surface area contributed by atoms with Crippen LogP contribution in [0.4, 0.5) is 11.4 Å². The predicted octanol–water partition coefficient (Wildman–Crippen LogP) is 3.44. The number of carbonyl (C=O) groups is 1. The minimum Gasteiger partial charge on any atom is -0.462 e. The van der Waals surface area contributed by atoms with Crippen molar-refractivity contribution in [3.8, 4) is 0 Å². The summed E-state index contributed by atoms with van der Waals surface area (Å²) in [5.74, 6) is -0.319. The second kappa shape index (κ2) is 7.67. The lowest BCUT2D eigenvalue weighted by Crippen LogP contribution is -2.18. The zero-order valence-corrected chi connectivity index (χ0v) is 12.0. The first-order chi connectivity index (χ1) is 9.08. The minimum atomic E-state index is -0.319. The molecule has 0 unspecified atom stereocenters. The maximum atomic E-state index is 12.0. The van der Waals surface area contributed by atoms with E-state index in [0.29, 0.717) is 23.9 Å². The van der Waals surface area contributed by atoms with Crippen molar-refractivity contribution in [3.05, 3.63) is 23.8 Å². The number of hydrogen-bond donors (Lipinski definition) is 2. The van der Waals surface area contributed by atoms with Gasteiger partial charge >= 0.3 is 5.97 Å². The number of carbonyl (C=O) groups excluding carboxylic acids is 1. The highest BCUT2D eigenvalue weighted by Crippen LogP contribution is 2.21. The molecule has 0 aliphatic carbocycles. The lowest BCUT2D eigenvalue weighted by atomic mass is 10.1. The van der Waals surface area contributed by atoms with Gasteiger partial charge in [-0.1, -0.05) is 20.3 Å². The first kappa shape index (κ1) is 15.3. The molecule has 0 aromatic heterocycles. The van der Waals surface area contributed by atoms with Gasteiger partial charge in [0.1, 0.15) is 0 Å². The van der Waals surface area contributed by atoms with Crippen LogP contribution in [0.25, 0.3) is 0 Å². The molecule has 0 saturated carbocycles. The first-order valence-electron chi connectivity index (χ1n) is 6.91. The summed E-state index contributed by atoms with van der Waals surface area (Å²) in [6, 6.07) is 5.60. The zero-order chi connectivity index (χ0) is 14.3. The Bertz CT molecular complexity index is 419. The third kappa shape index (κ3) is 4.81. The molecular weight excluding hydrogens is 240 g/mol. The van der Waals surface area contributed by atoms with Gasteiger partial charge in [-0.3, -0.25) is 0 Å². The second-order valence-electron chi connectivity index (χ2n) is 4.78. The molecule has 19 heavy (non-hydrogen) atoms. The van der Waals surface area contributed by atoms with Gasteiger partial charge in [0.15, 0.2) is 0 Å².